The SMILES string of the molecule is O=C(Nc1cccc(CN2C(=O)CNC2=O)c1)c1cc2ccccc2n1Cc1ccccc1F. The van der Waals surface area contributed by atoms with E-state index in [0.29, 0.717) is 22.5 Å². The number of urea groups is 1. The van der Waals surface area contributed by atoms with Gasteiger partial charge < -0.3 is 15.2 Å². The number of anilines is 1. The van der Waals surface area contributed by atoms with Gasteiger partial charge in [0, 0.05) is 22.2 Å². The van der Waals surface area contributed by atoms with Crippen LogP contribution in [0.2, 0.25) is 0 Å². The summed E-state index contributed by atoms with van der Waals surface area (Å²) in [5.41, 5.74) is 2.92. The van der Waals surface area contributed by atoms with Crippen molar-refractivity contribution >= 4 is 34.4 Å². The van der Waals surface area contributed by atoms with Crippen molar-refractivity contribution < 1.29 is 18.8 Å². The normalized spacial score (nSPS) is 13.4. The molecule has 7 nitrogen and oxygen atoms in total. The molecule has 2 N–H and O–H groups in total. The molecule has 8 heteroatoms. The third-order valence-electron chi connectivity index (χ3n) is 5.79. The third-order valence-corrected chi connectivity index (χ3v) is 5.79. The molecular formula is C26H21FN4O3. The molecule has 0 radical (unpaired) electrons. The topological polar surface area (TPSA) is 83.4 Å². The quantitative estimate of drug-likeness (QED) is 0.428. The number of amides is 4. The molecule has 1 saturated heterocycles. The summed E-state index contributed by atoms with van der Waals surface area (Å²) in [6.45, 7) is 0.304. The zero-order chi connectivity index (χ0) is 23.7. The molecule has 0 saturated carbocycles. The number of nitrogens with zero attached hydrogens (tertiary/aromatic N) is 2. The van der Waals surface area contributed by atoms with E-state index < -0.39 is 6.03 Å². The molecule has 1 aliphatic heterocycles. The van der Waals surface area contributed by atoms with Gasteiger partial charge in [-0.3, -0.25) is 14.5 Å². The molecular weight excluding hydrogens is 435 g/mol. The van der Waals surface area contributed by atoms with Crippen molar-refractivity contribution in [1.29, 1.82) is 0 Å². The fraction of sp³-hybridized carbons (Fsp3) is 0.115. The highest BCUT2D eigenvalue weighted by Gasteiger charge is 2.28. The zero-order valence-electron chi connectivity index (χ0n) is 18.1. The summed E-state index contributed by atoms with van der Waals surface area (Å²) >= 11 is 0. The first-order valence-corrected chi connectivity index (χ1v) is 10.8. The van der Waals surface area contributed by atoms with Crippen molar-refractivity contribution in [2.75, 3.05) is 11.9 Å². The Morgan fingerprint density at radius 3 is 2.53 bits per heavy atom. The summed E-state index contributed by atoms with van der Waals surface area (Å²) in [5.74, 6) is -0.975. The predicted octanol–water partition coefficient (Wildman–Crippen LogP) is 4.13. The highest BCUT2D eigenvalue weighted by molar-refractivity contribution is 6.06. The number of benzene rings is 3. The second kappa shape index (κ2) is 8.82. The summed E-state index contributed by atoms with van der Waals surface area (Å²) in [7, 11) is 0. The minimum absolute atomic E-state index is 0.0121. The Balaban J connectivity index is 1.42. The van der Waals surface area contributed by atoms with E-state index in [2.05, 4.69) is 10.6 Å². The van der Waals surface area contributed by atoms with Gasteiger partial charge in [-0.2, -0.15) is 0 Å². The largest absolute Gasteiger partial charge is 0.332 e. The maximum Gasteiger partial charge on any atom is 0.324 e. The fourth-order valence-electron chi connectivity index (χ4n) is 4.11. The number of fused-ring (bicyclic) bond motifs is 1. The van der Waals surface area contributed by atoms with Gasteiger partial charge in [-0.25, -0.2) is 9.18 Å². The monoisotopic (exact) mass is 456 g/mol. The van der Waals surface area contributed by atoms with Crippen molar-refractivity contribution in [3.8, 4) is 0 Å². The van der Waals surface area contributed by atoms with Crippen LogP contribution in [-0.2, 0) is 17.9 Å². The number of nitrogens with one attached hydrogen (secondary N) is 2. The first-order chi connectivity index (χ1) is 16.5. The average Bonchev–Trinajstić information content (AvgIpc) is 3.36. The Bertz CT molecular complexity index is 1410. The maximum atomic E-state index is 14.4. The Morgan fingerprint density at radius 2 is 1.74 bits per heavy atom. The molecule has 1 aromatic heterocycles. The summed E-state index contributed by atoms with van der Waals surface area (Å²) in [6, 6.07) is 22.4. The van der Waals surface area contributed by atoms with Gasteiger partial charge in [0.2, 0.25) is 5.91 Å². The van der Waals surface area contributed by atoms with Crippen molar-refractivity contribution in [1.82, 2.24) is 14.8 Å². The lowest BCUT2D eigenvalue weighted by Crippen LogP contribution is -2.30. The lowest BCUT2D eigenvalue weighted by Gasteiger charge is -2.14. The number of halogens is 1. The van der Waals surface area contributed by atoms with Crippen LogP contribution in [0.15, 0.2) is 78.9 Å². The van der Waals surface area contributed by atoms with Gasteiger partial charge in [0.25, 0.3) is 5.91 Å². The summed E-state index contributed by atoms with van der Waals surface area (Å²) in [5, 5.41) is 6.25. The number of carbonyl (C=O) groups is 3. The molecule has 34 heavy (non-hydrogen) atoms. The van der Waals surface area contributed by atoms with E-state index in [1.807, 2.05) is 24.3 Å². The lowest BCUT2D eigenvalue weighted by atomic mass is 10.2. The molecule has 3 aromatic carbocycles. The second-order valence-corrected chi connectivity index (χ2v) is 8.06. The first-order valence-electron chi connectivity index (χ1n) is 10.8. The van der Waals surface area contributed by atoms with E-state index in [4.69, 9.17) is 0 Å². The lowest BCUT2D eigenvalue weighted by molar-refractivity contribution is -0.125. The van der Waals surface area contributed by atoms with Crippen molar-refractivity contribution in [3.63, 3.8) is 0 Å². The molecule has 0 atom stereocenters. The van der Waals surface area contributed by atoms with Crippen LogP contribution < -0.4 is 10.6 Å². The molecule has 4 aromatic rings. The number of aromatic nitrogens is 1. The van der Waals surface area contributed by atoms with E-state index in [0.717, 1.165) is 15.8 Å². The molecule has 1 aliphatic rings. The minimum atomic E-state index is -0.433. The second-order valence-electron chi connectivity index (χ2n) is 8.06. The molecule has 0 aliphatic carbocycles. The van der Waals surface area contributed by atoms with Crippen LogP contribution in [-0.4, -0.2) is 33.9 Å². The van der Waals surface area contributed by atoms with Gasteiger partial charge in [0.1, 0.15) is 11.5 Å². The number of hydrogen-bond donors (Lipinski definition) is 2. The van der Waals surface area contributed by atoms with E-state index >= 15 is 0 Å². The Hall–Kier alpha value is -4.46. The molecule has 0 unspecified atom stereocenters. The predicted molar refractivity (Wildman–Crippen MR) is 126 cm³/mol. The maximum absolute atomic E-state index is 14.4. The van der Waals surface area contributed by atoms with Gasteiger partial charge >= 0.3 is 6.03 Å². The van der Waals surface area contributed by atoms with Crippen LogP contribution in [0.1, 0.15) is 21.6 Å². The minimum Gasteiger partial charge on any atom is -0.332 e. The highest BCUT2D eigenvalue weighted by atomic mass is 19.1. The number of hydrogen-bond acceptors (Lipinski definition) is 3. The Morgan fingerprint density at radius 1 is 0.941 bits per heavy atom. The smallest absolute Gasteiger partial charge is 0.324 e. The third kappa shape index (κ3) is 4.13. The van der Waals surface area contributed by atoms with Crippen LogP contribution in [0.25, 0.3) is 10.9 Å². The van der Waals surface area contributed by atoms with Crippen molar-refractivity contribution in [3.05, 3.63) is 102 Å². The van der Waals surface area contributed by atoms with E-state index in [1.165, 1.54) is 6.07 Å². The number of rotatable bonds is 6. The van der Waals surface area contributed by atoms with Gasteiger partial charge in [-0.15, -0.1) is 0 Å². The van der Waals surface area contributed by atoms with E-state index in [-0.39, 0.29) is 37.3 Å². The van der Waals surface area contributed by atoms with Crippen LogP contribution >= 0.6 is 0 Å². The van der Waals surface area contributed by atoms with Crippen LogP contribution in [0.3, 0.4) is 0 Å². The van der Waals surface area contributed by atoms with Crippen molar-refractivity contribution in [2.24, 2.45) is 0 Å². The van der Waals surface area contributed by atoms with Crippen LogP contribution in [0.5, 0.6) is 0 Å². The van der Waals surface area contributed by atoms with Gasteiger partial charge in [-0.1, -0.05) is 48.5 Å². The van der Waals surface area contributed by atoms with Crippen LogP contribution in [0.4, 0.5) is 14.9 Å². The van der Waals surface area contributed by atoms with Gasteiger partial charge in [0.15, 0.2) is 0 Å². The van der Waals surface area contributed by atoms with Gasteiger partial charge in [0.05, 0.1) is 19.6 Å². The molecule has 170 valence electrons. The Labute approximate surface area is 194 Å². The molecule has 0 bridgehead atoms. The summed E-state index contributed by atoms with van der Waals surface area (Å²) < 4.78 is 16.1. The molecule has 5 rings (SSSR count). The van der Waals surface area contributed by atoms with Crippen molar-refractivity contribution in [2.45, 2.75) is 13.1 Å². The number of imide groups is 1. The zero-order valence-corrected chi connectivity index (χ0v) is 18.1. The summed E-state index contributed by atoms with van der Waals surface area (Å²) in [4.78, 5) is 38.1. The van der Waals surface area contributed by atoms with Crippen LogP contribution in [0, 0.1) is 5.82 Å². The average molecular weight is 456 g/mol. The molecule has 4 amide bonds. The van der Waals surface area contributed by atoms with Gasteiger partial charge in [-0.05, 0) is 35.9 Å². The first kappa shape index (κ1) is 21.4. The molecule has 0 spiro atoms. The fourth-order valence-corrected chi connectivity index (χ4v) is 4.11. The number of para-hydroxylation sites is 1. The molecule has 1 fully saturated rings. The Kier molecular flexibility index (Phi) is 5.55. The highest BCUT2D eigenvalue weighted by Crippen LogP contribution is 2.24. The number of carbonyl (C=O) groups excluding carboxylic acids is 3. The molecule has 2 heterocycles. The van der Waals surface area contributed by atoms with E-state index in [9.17, 15) is 18.8 Å². The standard InChI is InChI=1S/C26H21FN4O3/c27-21-10-3-1-8-19(21)16-30-22-11-4-2-7-18(22)13-23(30)25(33)29-20-9-5-6-17(12-20)15-31-24(32)14-28-26(31)34/h1-13H,14-16H2,(H,28,34)(H,29,33). The summed E-state index contributed by atoms with van der Waals surface area (Å²) in [6.07, 6.45) is 0. The van der Waals surface area contributed by atoms with E-state index in [1.54, 1.807) is 53.1 Å².